The Hall–Kier alpha value is -4.00. The quantitative estimate of drug-likeness (QED) is 0.360. The van der Waals surface area contributed by atoms with E-state index in [0.29, 0.717) is 12.2 Å². The average Bonchev–Trinajstić information content (AvgIpc) is 3.48. The summed E-state index contributed by atoms with van der Waals surface area (Å²) in [6.07, 6.45) is 8.73. The first-order valence-electron chi connectivity index (χ1n) is 11.4. The van der Waals surface area contributed by atoms with E-state index < -0.39 is 0 Å². The highest BCUT2D eigenvalue weighted by Gasteiger charge is 2.16. The van der Waals surface area contributed by atoms with Gasteiger partial charge in [0.05, 0.1) is 0 Å². The molecule has 0 radical (unpaired) electrons. The molecule has 1 N–H and O–H groups in total. The van der Waals surface area contributed by atoms with Crippen LogP contribution < -0.4 is 5.56 Å². The van der Waals surface area contributed by atoms with Crippen molar-refractivity contribution in [3.05, 3.63) is 100 Å². The summed E-state index contributed by atoms with van der Waals surface area (Å²) < 4.78 is 3.72. The lowest BCUT2D eigenvalue weighted by molar-refractivity contribution is 0.674. The number of rotatable bonds is 8. The third-order valence-corrected chi connectivity index (χ3v) is 6.08. The smallest absolute Gasteiger partial charge is 0.267 e. The molecule has 0 atom stereocenters. The lowest BCUT2D eigenvalue weighted by Gasteiger charge is -2.09. The van der Waals surface area contributed by atoms with Crippen LogP contribution in [-0.4, -0.2) is 29.7 Å². The molecule has 2 aromatic carbocycles. The average molecular weight is 439 g/mol. The SMILES string of the molecule is CCCCCc1c(Cc2ccc(-c3ccccc3-c3nnn[nH]3)cc2)c(=O)n2ccccn12. The predicted molar refractivity (Wildman–Crippen MR) is 128 cm³/mol. The second kappa shape index (κ2) is 9.24. The van der Waals surface area contributed by atoms with Crippen LogP contribution in [-0.2, 0) is 12.8 Å². The number of aromatic amines is 1. The molecule has 5 aromatic rings. The van der Waals surface area contributed by atoms with E-state index in [9.17, 15) is 4.79 Å². The molecule has 0 amide bonds. The summed E-state index contributed by atoms with van der Waals surface area (Å²) in [5, 5.41) is 14.3. The summed E-state index contributed by atoms with van der Waals surface area (Å²) in [6, 6.07) is 20.3. The van der Waals surface area contributed by atoms with Crippen LogP contribution in [0.15, 0.2) is 77.9 Å². The first-order chi connectivity index (χ1) is 16.3. The number of hydrogen-bond acceptors (Lipinski definition) is 4. The van der Waals surface area contributed by atoms with Gasteiger partial charge in [-0.05, 0) is 52.1 Å². The number of aromatic nitrogens is 6. The zero-order valence-corrected chi connectivity index (χ0v) is 18.6. The van der Waals surface area contributed by atoms with Crippen molar-refractivity contribution in [2.45, 2.75) is 39.0 Å². The summed E-state index contributed by atoms with van der Waals surface area (Å²) in [6.45, 7) is 2.20. The van der Waals surface area contributed by atoms with Crippen LogP contribution in [0.5, 0.6) is 0 Å². The van der Waals surface area contributed by atoms with Gasteiger partial charge in [0.1, 0.15) is 0 Å². The molecule has 3 aromatic heterocycles. The van der Waals surface area contributed by atoms with E-state index in [2.05, 4.69) is 57.9 Å². The molecule has 33 heavy (non-hydrogen) atoms. The Morgan fingerprint density at radius 3 is 2.36 bits per heavy atom. The monoisotopic (exact) mass is 438 g/mol. The number of unbranched alkanes of at least 4 members (excludes halogenated alkanes) is 2. The predicted octanol–water partition coefficient (Wildman–Crippen LogP) is 4.57. The second-order valence-corrected chi connectivity index (χ2v) is 8.23. The van der Waals surface area contributed by atoms with Gasteiger partial charge in [0.2, 0.25) is 0 Å². The third-order valence-electron chi connectivity index (χ3n) is 6.08. The van der Waals surface area contributed by atoms with Gasteiger partial charge in [-0.3, -0.25) is 9.31 Å². The van der Waals surface area contributed by atoms with Gasteiger partial charge < -0.3 is 0 Å². The molecule has 7 nitrogen and oxygen atoms in total. The fourth-order valence-electron chi connectivity index (χ4n) is 4.40. The number of aryl methyl sites for hydroxylation is 1. The van der Waals surface area contributed by atoms with E-state index in [1.807, 2.05) is 47.2 Å². The molecule has 0 fully saturated rings. The third kappa shape index (κ3) is 4.09. The number of tetrazole rings is 1. The van der Waals surface area contributed by atoms with Crippen LogP contribution in [0.2, 0.25) is 0 Å². The molecule has 166 valence electrons. The first-order valence-corrected chi connectivity index (χ1v) is 11.4. The van der Waals surface area contributed by atoms with Crippen molar-refractivity contribution in [3.8, 4) is 22.5 Å². The minimum Gasteiger partial charge on any atom is -0.267 e. The van der Waals surface area contributed by atoms with E-state index in [4.69, 9.17) is 0 Å². The number of fused-ring (bicyclic) bond motifs is 1. The van der Waals surface area contributed by atoms with Crippen molar-refractivity contribution in [2.75, 3.05) is 0 Å². The summed E-state index contributed by atoms with van der Waals surface area (Å²) in [4.78, 5) is 13.2. The summed E-state index contributed by atoms with van der Waals surface area (Å²) in [5.41, 5.74) is 6.25. The number of hydrogen-bond donors (Lipinski definition) is 1. The maximum Gasteiger partial charge on any atom is 0.274 e. The van der Waals surface area contributed by atoms with Gasteiger partial charge in [-0.2, -0.15) is 0 Å². The van der Waals surface area contributed by atoms with Gasteiger partial charge in [-0.15, -0.1) is 5.10 Å². The van der Waals surface area contributed by atoms with E-state index in [1.165, 1.54) is 0 Å². The van der Waals surface area contributed by atoms with Gasteiger partial charge in [-0.25, -0.2) is 9.61 Å². The largest absolute Gasteiger partial charge is 0.274 e. The summed E-state index contributed by atoms with van der Waals surface area (Å²) >= 11 is 0. The highest BCUT2D eigenvalue weighted by atomic mass is 16.1. The number of H-pyrrole nitrogens is 1. The molecule has 0 unspecified atom stereocenters. The van der Waals surface area contributed by atoms with Crippen LogP contribution in [0.4, 0.5) is 0 Å². The fraction of sp³-hybridized carbons (Fsp3) is 0.231. The standard InChI is InChI=1S/C26H26N6O/c1-2-3-4-11-24-23(26(33)32-17-8-7-16-31(24)32)18-19-12-14-20(15-13-19)21-9-5-6-10-22(21)25-27-29-30-28-25/h5-10,12-17H,2-4,11,18H2,1H3,(H,27,28,29,30). The van der Waals surface area contributed by atoms with Gasteiger partial charge >= 0.3 is 0 Å². The number of nitrogens with zero attached hydrogens (tertiary/aromatic N) is 5. The molecule has 3 heterocycles. The normalized spacial score (nSPS) is 11.3. The van der Waals surface area contributed by atoms with E-state index in [-0.39, 0.29) is 5.56 Å². The Morgan fingerprint density at radius 1 is 0.879 bits per heavy atom. The van der Waals surface area contributed by atoms with Gasteiger partial charge in [-0.1, -0.05) is 68.3 Å². The molecule has 0 saturated heterocycles. The minimum atomic E-state index is 0.0642. The number of benzene rings is 2. The van der Waals surface area contributed by atoms with Crippen LogP contribution in [0.25, 0.3) is 22.5 Å². The zero-order chi connectivity index (χ0) is 22.6. The Kier molecular flexibility index (Phi) is 5.85. The van der Waals surface area contributed by atoms with Crippen molar-refractivity contribution in [2.24, 2.45) is 0 Å². The van der Waals surface area contributed by atoms with Crippen LogP contribution in [0.3, 0.4) is 0 Å². The molecular formula is C26H26N6O. The fourth-order valence-corrected chi connectivity index (χ4v) is 4.40. The Labute approximate surface area is 191 Å². The van der Waals surface area contributed by atoms with Crippen molar-refractivity contribution < 1.29 is 0 Å². The van der Waals surface area contributed by atoms with Crippen LogP contribution in [0, 0.1) is 0 Å². The Morgan fingerprint density at radius 2 is 1.64 bits per heavy atom. The van der Waals surface area contributed by atoms with Crippen molar-refractivity contribution >= 4 is 0 Å². The lowest BCUT2D eigenvalue weighted by Crippen LogP contribution is -2.13. The molecule has 0 bridgehead atoms. The molecule has 0 aliphatic heterocycles. The lowest BCUT2D eigenvalue weighted by atomic mass is 9.96. The number of nitrogens with one attached hydrogen (secondary N) is 1. The summed E-state index contributed by atoms with van der Waals surface area (Å²) in [5.74, 6) is 0.639. The Balaban J connectivity index is 1.47. The maximum absolute atomic E-state index is 13.2. The van der Waals surface area contributed by atoms with E-state index in [1.54, 1.807) is 4.52 Å². The molecule has 7 heteroatoms. The highest BCUT2D eigenvalue weighted by Crippen LogP contribution is 2.30. The molecule has 0 spiro atoms. The van der Waals surface area contributed by atoms with E-state index >= 15 is 0 Å². The topological polar surface area (TPSA) is 80.3 Å². The molecule has 0 aliphatic rings. The summed E-state index contributed by atoms with van der Waals surface area (Å²) in [7, 11) is 0. The molecule has 5 rings (SSSR count). The van der Waals surface area contributed by atoms with Crippen LogP contribution >= 0.6 is 0 Å². The van der Waals surface area contributed by atoms with Gasteiger partial charge in [0.25, 0.3) is 5.56 Å². The molecule has 0 aliphatic carbocycles. The molecular weight excluding hydrogens is 412 g/mol. The van der Waals surface area contributed by atoms with Crippen molar-refractivity contribution in [1.82, 2.24) is 29.7 Å². The first kappa shape index (κ1) is 20.9. The van der Waals surface area contributed by atoms with Crippen LogP contribution in [0.1, 0.15) is 43.0 Å². The van der Waals surface area contributed by atoms with Gasteiger partial charge in [0, 0.05) is 35.6 Å². The maximum atomic E-state index is 13.2. The van der Waals surface area contributed by atoms with Gasteiger partial charge in [0.15, 0.2) is 5.82 Å². The van der Waals surface area contributed by atoms with E-state index in [0.717, 1.165) is 59.2 Å². The highest BCUT2D eigenvalue weighted by molar-refractivity contribution is 5.80. The van der Waals surface area contributed by atoms with Crippen molar-refractivity contribution in [3.63, 3.8) is 0 Å². The molecule has 0 saturated carbocycles. The van der Waals surface area contributed by atoms with Crippen molar-refractivity contribution in [1.29, 1.82) is 0 Å². The second-order valence-electron chi connectivity index (χ2n) is 8.23. The minimum absolute atomic E-state index is 0.0642. The Bertz CT molecular complexity index is 1410. The zero-order valence-electron chi connectivity index (χ0n) is 18.6.